The number of hydrogen-bond acceptors (Lipinski definition) is 3. The number of benzene rings is 2. The molecule has 1 aliphatic rings. The van der Waals surface area contributed by atoms with E-state index in [1.807, 2.05) is 18.2 Å². The Labute approximate surface area is 118 Å². The summed E-state index contributed by atoms with van der Waals surface area (Å²) < 4.78 is 0. The third-order valence-electron chi connectivity index (χ3n) is 4.15. The zero-order chi connectivity index (χ0) is 14.1. The summed E-state index contributed by atoms with van der Waals surface area (Å²) in [4.78, 5) is 0. The number of aromatic hydroxyl groups is 1. The lowest BCUT2D eigenvalue weighted by atomic mass is 9.76. The summed E-state index contributed by atoms with van der Waals surface area (Å²) in [6, 6.07) is 14.0. The number of phenols is 1. The molecule has 0 atom stereocenters. The van der Waals surface area contributed by atoms with Crippen LogP contribution in [-0.2, 0) is 6.61 Å². The van der Waals surface area contributed by atoms with Gasteiger partial charge in [0.25, 0.3) is 0 Å². The zero-order valence-corrected chi connectivity index (χ0v) is 11.3. The monoisotopic (exact) mass is 269 g/mol. The molecule has 0 bridgehead atoms. The highest BCUT2D eigenvalue weighted by atomic mass is 16.3. The van der Waals surface area contributed by atoms with Gasteiger partial charge >= 0.3 is 0 Å². The van der Waals surface area contributed by atoms with Gasteiger partial charge in [0.2, 0.25) is 0 Å². The van der Waals surface area contributed by atoms with Crippen LogP contribution in [0, 0.1) is 0 Å². The van der Waals surface area contributed by atoms with Crippen LogP contribution in [0.25, 0.3) is 11.1 Å². The van der Waals surface area contributed by atoms with Crippen molar-refractivity contribution in [1.82, 2.24) is 0 Å². The van der Waals surface area contributed by atoms with E-state index in [9.17, 15) is 10.2 Å². The summed E-state index contributed by atoms with van der Waals surface area (Å²) >= 11 is 0. The molecule has 0 amide bonds. The van der Waals surface area contributed by atoms with Crippen molar-refractivity contribution in [3.63, 3.8) is 0 Å². The van der Waals surface area contributed by atoms with Crippen LogP contribution in [0.5, 0.6) is 5.75 Å². The van der Waals surface area contributed by atoms with Gasteiger partial charge in [-0.2, -0.15) is 0 Å². The van der Waals surface area contributed by atoms with Crippen LogP contribution in [0.4, 0.5) is 0 Å². The summed E-state index contributed by atoms with van der Waals surface area (Å²) in [5.74, 6) is 0.681. The smallest absolute Gasteiger partial charge is 0.121 e. The van der Waals surface area contributed by atoms with Crippen molar-refractivity contribution in [3.8, 4) is 16.9 Å². The van der Waals surface area contributed by atoms with E-state index in [1.165, 1.54) is 5.56 Å². The Kier molecular flexibility index (Phi) is 3.47. The van der Waals surface area contributed by atoms with Crippen LogP contribution in [0.2, 0.25) is 0 Å². The van der Waals surface area contributed by atoms with E-state index in [0.29, 0.717) is 17.5 Å². The molecule has 3 rings (SSSR count). The molecule has 0 aromatic heterocycles. The standard InChI is InChI=1S/C17H19NO2/c18-14-8-13(9-14)11-3-1-4-12(7-11)15-5-2-6-17(20)16(15)10-19/h1-7,13-14,19-20H,8-10,18H2. The first-order valence-electron chi connectivity index (χ1n) is 6.96. The SMILES string of the molecule is NC1CC(c2cccc(-c3cccc(O)c3CO)c2)C1. The number of aliphatic hydroxyl groups is 1. The van der Waals surface area contributed by atoms with Crippen molar-refractivity contribution in [3.05, 3.63) is 53.6 Å². The Bertz CT molecular complexity index is 618. The first kappa shape index (κ1) is 13.2. The maximum Gasteiger partial charge on any atom is 0.121 e. The van der Waals surface area contributed by atoms with E-state index in [4.69, 9.17) is 5.73 Å². The molecular formula is C17H19NO2. The second-order valence-electron chi connectivity index (χ2n) is 5.52. The Morgan fingerprint density at radius 2 is 1.85 bits per heavy atom. The fourth-order valence-corrected chi connectivity index (χ4v) is 2.91. The predicted octanol–water partition coefficient (Wildman–Crippen LogP) is 2.76. The molecule has 1 aliphatic carbocycles. The number of nitrogens with two attached hydrogens (primary N) is 1. The zero-order valence-electron chi connectivity index (χ0n) is 11.3. The average molecular weight is 269 g/mol. The Balaban J connectivity index is 1.98. The molecule has 3 nitrogen and oxygen atoms in total. The van der Waals surface area contributed by atoms with Crippen LogP contribution in [0.3, 0.4) is 0 Å². The van der Waals surface area contributed by atoms with Gasteiger partial charge in [-0.15, -0.1) is 0 Å². The van der Waals surface area contributed by atoms with Gasteiger partial charge in [-0.1, -0.05) is 36.4 Å². The molecule has 0 unspecified atom stereocenters. The summed E-state index contributed by atoms with van der Waals surface area (Å²) in [6.45, 7) is -0.166. The largest absolute Gasteiger partial charge is 0.508 e. The van der Waals surface area contributed by atoms with Gasteiger partial charge < -0.3 is 15.9 Å². The quantitative estimate of drug-likeness (QED) is 0.802. The van der Waals surface area contributed by atoms with Gasteiger partial charge in [0, 0.05) is 11.6 Å². The lowest BCUT2D eigenvalue weighted by Crippen LogP contribution is -2.34. The van der Waals surface area contributed by atoms with Crippen LogP contribution in [0.15, 0.2) is 42.5 Å². The average Bonchev–Trinajstić information content (AvgIpc) is 2.44. The summed E-state index contributed by atoms with van der Waals surface area (Å²) in [7, 11) is 0. The van der Waals surface area contributed by atoms with Gasteiger partial charge in [0.05, 0.1) is 6.61 Å². The molecule has 0 radical (unpaired) electrons. The third kappa shape index (κ3) is 2.30. The fraction of sp³-hybridized carbons (Fsp3) is 0.294. The molecule has 20 heavy (non-hydrogen) atoms. The number of rotatable bonds is 3. The third-order valence-corrected chi connectivity index (χ3v) is 4.15. The van der Waals surface area contributed by atoms with E-state index in [0.717, 1.165) is 24.0 Å². The van der Waals surface area contributed by atoms with Gasteiger partial charge in [-0.3, -0.25) is 0 Å². The second-order valence-corrected chi connectivity index (χ2v) is 5.52. The maximum absolute atomic E-state index is 9.85. The topological polar surface area (TPSA) is 66.5 Å². The number of aliphatic hydroxyl groups excluding tert-OH is 1. The van der Waals surface area contributed by atoms with Crippen molar-refractivity contribution in [2.24, 2.45) is 5.73 Å². The van der Waals surface area contributed by atoms with Crippen molar-refractivity contribution < 1.29 is 10.2 Å². The van der Waals surface area contributed by atoms with E-state index in [1.54, 1.807) is 12.1 Å². The van der Waals surface area contributed by atoms with Crippen LogP contribution >= 0.6 is 0 Å². The Morgan fingerprint density at radius 1 is 1.10 bits per heavy atom. The van der Waals surface area contributed by atoms with Crippen LogP contribution < -0.4 is 5.73 Å². The van der Waals surface area contributed by atoms with Crippen molar-refractivity contribution in [2.75, 3.05) is 0 Å². The summed E-state index contributed by atoms with van der Waals surface area (Å²) in [5.41, 5.74) is 9.64. The molecular weight excluding hydrogens is 250 g/mol. The van der Waals surface area contributed by atoms with Crippen molar-refractivity contribution in [2.45, 2.75) is 31.4 Å². The molecule has 2 aromatic carbocycles. The highest BCUT2D eigenvalue weighted by Crippen LogP contribution is 2.38. The van der Waals surface area contributed by atoms with Crippen LogP contribution in [-0.4, -0.2) is 16.3 Å². The fourth-order valence-electron chi connectivity index (χ4n) is 2.91. The Morgan fingerprint density at radius 3 is 2.55 bits per heavy atom. The molecule has 4 N–H and O–H groups in total. The van der Waals surface area contributed by atoms with E-state index >= 15 is 0 Å². The molecule has 0 aliphatic heterocycles. The second kappa shape index (κ2) is 5.27. The first-order valence-corrected chi connectivity index (χ1v) is 6.96. The van der Waals surface area contributed by atoms with Gasteiger partial charge in [-0.25, -0.2) is 0 Å². The molecule has 104 valence electrons. The van der Waals surface area contributed by atoms with Gasteiger partial charge in [-0.05, 0) is 41.5 Å². The molecule has 0 heterocycles. The highest BCUT2D eigenvalue weighted by Gasteiger charge is 2.27. The first-order chi connectivity index (χ1) is 9.69. The molecule has 2 aromatic rings. The normalized spacial score (nSPS) is 21.5. The molecule has 0 spiro atoms. The van der Waals surface area contributed by atoms with Crippen molar-refractivity contribution in [1.29, 1.82) is 0 Å². The van der Waals surface area contributed by atoms with E-state index < -0.39 is 0 Å². The van der Waals surface area contributed by atoms with E-state index in [-0.39, 0.29) is 12.4 Å². The predicted molar refractivity (Wildman–Crippen MR) is 79.4 cm³/mol. The minimum atomic E-state index is -0.166. The lowest BCUT2D eigenvalue weighted by Gasteiger charge is -2.33. The van der Waals surface area contributed by atoms with Crippen molar-refractivity contribution >= 4 is 0 Å². The molecule has 3 heteroatoms. The van der Waals surface area contributed by atoms with Crippen LogP contribution in [0.1, 0.15) is 29.9 Å². The van der Waals surface area contributed by atoms with Gasteiger partial charge in [0.15, 0.2) is 0 Å². The van der Waals surface area contributed by atoms with E-state index in [2.05, 4.69) is 12.1 Å². The van der Waals surface area contributed by atoms with Gasteiger partial charge in [0.1, 0.15) is 5.75 Å². The maximum atomic E-state index is 9.85. The molecule has 1 saturated carbocycles. The summed E-state index contributed by atoms with van der Waals surface area (Å²) in [5, 5.41) is 19.3. The minimum absolute atomic E-state index is 0.140. The number of hydrogen-bond donors (Lipinski definition) is 3. The Hall–Kier alpha value is -1.84. The lowest BCUT2D eigenvalue weighted by molar-refractivity contribution is 0.276. The summed E-state index contributed by atoms with van der Waals surface area (Å²) in [6.07, 6.45) is 2.08. The minimum Gasteiger partial charge on any atom is -0.508 e. The highest BCUT2D eigenvalue weighted by molar-refractivity contribution is 5.70. The molecule has 1 fully saturated rings. The molecule has 0 saturated heterocycles.